The first-order chi connectivity index (χ1) is 33.7. The number of hydrogen-bond acceptors (Lipinski definition) is 9. The number of esters is 2. The quantitative estimate of drug-likeness (QED) is 0.0340. The summed E-state index contributed by atoms with van der Waals surface area (Å²) < 4.78 is 11.5. The maximum absolute atomic E-state index is 13.3. The molecule has 12 heteroatoms. The van der Waals surface area contributed by atoms with Gasteiger partial charge in [0, 0.05) is 30.8 Å². The number of aliphatic hydroxyl groups is 1. The number of amides is 2. The van der Waals surface area contributed by atoms with Crippen LogP contribution in [0.25, 0.3) is 0 Å². The van der Waals surface area contributed by atoms with Crippen LogP contribution in [-0.2, 0) is 33.4 Å². The van der Waals surface area contributed by atoms with E-state index in [4.69, 9.17) is 9.47 Å². The van der Waals surface area contributed by atoms with Crippen LogP contribution in [0.4, 0.5) is 0 Å². The first-order valence-electron chi connectivity index (χ1n) is 29.0. The SMILES string of the molecule is CCCCCCCCCCCCCCCC(=O)NC(CSCC(COC(=O)CCCCCCCCCCCCCCC)OC(=O)CCCCCCCCCCCCCCC)C(=O)NC(CO)C(=O)O. The summed E-state index contributed by atoms with van der Waals surface area (Å²) in [6, 6.07) is -2.60. The molecule has 0 spiro atoms. The van der Waals surface area contributed by atoms with Crippen molar-refractivity contribution in [1.29, 1.82) is 0 Å². The number of carboxylic acids is 1. The molecule has 406 valence electrons. The van der Waals surface area contributed by atoms with Crippen molar-refractivity contribution in [3.8, 4) is 0 Å². The lowest BCUT2D eigenvalue weighted by atomic mass is 10.0. The van der Waals surface area contributed by atoms with E-state index in [-0.39, 0.29) is 48.8 Å². The van der Waals surface area contributed by atoms with Crippen LogP contribution in [0, 0.1) is 0 Å². The monoisotopic (exact) mass is 997 g/mol. The number of carboxylic acid groups (broad SMARTS) is 1. The van der Waals surface area contributed by atoms with Crippen LogP contribution in [0.1, 0.15) is 290 Å². The first-order valence-corrected chi connectivity index (χ1v) is 30.2. The fraction of sp³-hybridized carbons (Fsp3) is 0.912. The van der Waals surface area contributed by atoms with Crippen LogP contribution >= 0.6 is 11.8 Å². The fourth-order valence-corrected chi connectivity index (χ4v) is 9.75. The molecule has 3 atom stereocenters. The molecule has 0 heterocycles. The Balaban J connectivity index is 5.08. The second-order valence-electron chi connectivity index (χ2n) is 20.0. The lowest BCUT2D eigenvalue weighted by Gasteiger charge is -2.22. The highest BCUT2D eigenvalue weighted by Crippen LogP contribution is 2.18. The number of ether oxygens (including phenoxy) is 2. The molecule has 0 aliphatic heterocycles. The standard InChI is InChI=1S/C57H108N2O9S/c1-4-7-10-13-16-19-22-25-28-31-34-37-40-43-53(61)58-52(56(64)59-51(46-60)57(65)66)49-69-48-50(68-55(63)45-42-39-36-33-30-27-24-21-18-15-12-9-6-3)47-67-54(62)44-41-38-35-32-29-26-23-20-17-14-11-8-5-2/h50-52,60H,4-49H2,1-3H3,(H,58,61)(H,59,64)(H,65,66). The lowest BCUT2D eigenvalue weighted by molar-refractivity contribution is -0.157. The Morgan fingerprint density at radius 1 is 0.420 bits per heavy atom. The highest BCUT2D eigenvalue weighted by molar-refractivity contribution is 7.99. The van der Waals surface area contributed by atoms with Crippen LogP contribution < -0.4 is 10.6 Å². The summed E-state index contributed by atoms with van der Waals surface area (Å²) in [5.74, 6) is -2.83. The third-order valence-corrected chi connectivity index (χ3v) is 14.4. The predicted molar refractivity (Wildman–Crippen MR) is 288 cm³/mol. The molecular weight excluding hydrogens is 889 g/mol. The maximum atomic E-state index is 13.3. The molecule has 2 amide bonds. The van der Waals surface area contributed by atoms with Crippen molar-refractivity contribution >= 4 is 41.5 Å². The zero-order valence-electron chi connectivity index (χ0n) is 44.9. The van der Waals surface area contributed by atoms with Gasteiger partial charge in [-0.3, -0.25) is 19.2 Å². The van der Waals surface area contributed by atoms with Gasteiger partial charge in [0.05, 0.1) is 6.61 Å². The third kappa shape index (κ3) is 46.5. The summed E-state index contributed by atoms with van der Waals surface area (Å²) in [6.07, 6.45) is 46.9. The summed E-state index contributed by atoms with van der Waals surface area (Å²) in [4.78, 5) is 63.9. The summed E-state index contributed by atoms with van der Waals surface area (Å²) in [6.45, 7) is 5.83. The number of carbonyl (C=O) groups excluding carboxylic acids is 4. The van der Waals surface area contributed by atoms with Crippen molar-refractivity contribution in [2.45, 2.75) is 309 Å². The minimum absolute atomic E-state index is 0.0633. The van der Waals surface area contributed by atoms with Gasteiger partial charge in [-0.2, -0.15) is 11.8 Å². The van der Waals surface area contributed by atoms with Gasteiger partial charge >= 0.3 is 17.9 Å². The van der Waals surface area contributed by atoms with E-state index in [2.05, 4.69) is 31.4 Å². The van der Waals surface area contributed by atoms with Gasteiger partial charge in [0.25, 0.3) is 0 Å². The Morgan fingerprint density at radius 3 is 1.10 bits per heavy atom. The molecule has 0 fully saturated rings. The second kappa shape index (κ2) is 52.0. The van der Waals surface area contributed by atoms with Gasteiger partial charge in [-0.05, 0) is 19.3 Å². The van der Waals surface area contributed by atoms with E-state index in [1.165, 1.54) is 192 Å². The summed E-state index contributed by atoms with van der Waals surface area (Å²) in [5.41, 5.74) is 0. The molecule has 4 N–H and O–H groups in total. The van der Waals surface area contributed by atoms with E-state index in [1.54, 1.807) is 0 Å². The largest absolute Gasteiger partial charge is 0.480 e. The van der Waals surface area contributed by atoms with E-state index in [0.717, 1.165) is 64.2 Å². The van der Waals surface area contributed by atoms with Crippen molar-refractivity contribution in [2.75, 3.05) is 24.7 Å². The molecule has 11 nitrogen and oxygen atoms in total. The van der Waals surface area contributed by atoms with E-state index in [1.807, 2.05) is 0 Å². The Bertz CT molecular complexity index is 1210. The average Bonchev–Trinajstić information content (AvgIpc) is 3.33. The number of aliphatic hydroxyl groups excluding tert-OH is 1. The number of carbonyl (C=O) groups is 5. The zero-order valence-corrected chi connectivity index (χ0v) is 45.7. The summed E-state index contributed by atoms with van der Waals surface area (Å²) in [5, 5.41) is 24.2. The molecule has 0 aromatic rings. The van der Waals surface area contributed by atoms with Crippen molar-refractivity contribution in [1.82, 2.24) is 10.6 Å². The maximum Gasteiger partial charge on any atom is 0.328 e. The molecule has 0 rings (SSSR count). The van der Waals surface area contributed by atoms with Gasteiger partial charge < -0.3 is 30.3 Å². The Kier molecular flexibility index (Phi) is 50.2. The smallest absolute Gasteiger partial charge is 0.328 e. The van der Waals surface area contributed by atoms with Crippen LogP contribution in [-0.4, -0.2) is 82.8 Å². The topological polar surface area (TPSA) is 168 Å². The van der Waals surface area contributed by atoms with Gasteiger partial charge in [-0.1, -0.05) is 252 Å². The van der Waals surface area contributed by atoms with Crippen LogP contribution in [0.2, 0.25) is 0 Å². The zero-order chi connectivity index (χ0) is 50.7. The van der Waals surface area contributed by atoms with E-state index >= 15 is 0 Å². The predicted octanol–water partition coefficient (Wildman–Crippen LogP) is 14.7. The van der Waals surface area contributed by atoms with Gasteiger partial charge in [0.1, 0.15) is 24.8 Å². The second-order valence-corrected chi connectivity index (χ2v) is 21.1. The Hall–Kier alpha value is -2.34. The van der Waals surface area contributed by atoms with E-state index < -0.39 is 36.7 Å². The molecule has 0 saturated carbocycles. The van der Waals surface area contributed by atoms with Crippen LogP contribution in [0.5, 0.6) is 0 Å². The number of thioether (sulfide) groups is 1. The first kappa shape index (κ1) is 66.7. The molecule has 0 aromatic heterocycles. The lowest BCUT2D eigenvalue weighted by Crippen LogP contribution is -2.53. The molecule has 0 aromatic carbocycles. The number of aliphatic carboxylic acids is 1. The molecule has 0 aliphatic rings. The molecule has 0 aliphatic carbocycles. The Labute approximate surface area is 427 Å². The molecule has 0 radical (unpaired) electrons. The molecule has 0 bridgehead atoms. The van der Waals surface area contributed by atoms with Crippen molar-refractivity contribution < 1.29 is 43.7 Å². The highest BCUT2D eigenvalue weighted by Gasteiger charge is 2.27. The van der Waals surface area contributed by atoms with Crippen molar-refractivity contribution in [2.24, 2.45) is 0 Å². The van der Waals surface area contributed by atoms with Gasteiger partial charge in [-0.25, -0.2) is 4.79 Å². The van der Waals surface area contributed by atoms with E-state index in [9.17, 15) is 34.2 Å². The van der Waals surface area contributed by atoms with Crippen LogP contribution in [0.3, 0.4) is 0 Å². The Morgan fingerprint density at radius 2 is 0.754 bits per heavy atom. The van der Waals surface area contributed by atoms with E-state index in [0.29, 0.717) is 12.8 Å². The molecular formula is C57H108N2O9S. The van der Waals surface area contributed by atoms with Gasteiger partial charge in [0.2, 0.25) is 11.8 Å². The minimum Gasteiger partial charge on any atom is -0.480 e. The number of hydrogen-bond donors (Lipinski definition) is 4. The fourth-order valence-electron chi connectivity index (χ4n) is 8.72. The van der Waals surface area contributed by atoms with Crippen molar-refractivity contribution in [3.05, 3.63) is 0 Å². The summed E-state index contributed by atoms with van der Waals surface area (Å²) >= 11 is 1.26. The summed E-state index contributed by atoms with van der Waals surface area (Å²) in [7, 11) is 0. The number of rotatable bonds is 54. The number of unbranched alkanes of at least 4 members (excludes halogenated alkanes) is 36. The van der Waals surface area contributed by atoms with Gasteiger partial charge in [0.15, 0.2) is 0 Å². The third-order valence-electron chi connectivity index (χ3n) is 13.2. The van der Waals surface area contributed by atoms with Crippen molar-refractivity contribution in [3.63, 3.8) is 0 Å². The number of nitrogens with one attached hydrogen (secondary N) is 2. The minimum atomic E-state index is -1.52. The molecule has 3 unspecified atom stereocenters. The normalized spacial score (nSPS) is 12.6. The molecule has 0 saturated heterocycles. The highest BCUT2D eigenvalue weighted by atomic mass is 32.2. The molecule has 69 heavy (non-hydrogen) atoms. The van der Waals surface area contributed by atoms with Gasteiger partial charge in [-0.15, -0.1) is 0 Å². The average molecular weight is 998 g/mol. The van der Waals surface area contributed by atoms with Crippen LogP contribution in [0.15, 0.2) is 0 Å².